The smallest absolute Gasteiger partial charge is 0.316 e. The fourth-order valence-electron chi connectivity index (χ4n) is 0.737. The average Bonchev–Trinajstić information content (AvgIpc) is 1.96. The first kappa shape index (κ1) is 10.0. The zero-order valence-electron chi connectivity index (χ0n) is 6.97. The van der Waals surface area contributed by atoms with Crippen LogP contribution in [0.1, 0.15) is 32.6 Å². The minimum atomic E-state index is -0.503. The fourth-order valence-corrected chi connectivity index (χ4v) is 0.737. The third-order valence-electron chi connectivity index (χ3n) is 1.32. The van der Waals surface area contributed by atoms with Gasteiger partial charge < -0.3 is 11.1 Å². The zero-order valence-corrected chi connectivity index (χ0v) is 6.97. The lowest BCUT2D eigenvalue weighted by molar-refractivity contribution is 0.252. The lowest BCUT2D eigenvalue weighted by atomic mass is 10.2. The van der Waals surface area contributed by atoms with Crippen molar-refractivity contribution in [3.05, 3.63) is 12.3 Å². The van der Waals surface area contributed by atoms with E-state index in [2.05, 4.69) is 12.2 Å². The van der Waals surface area contributed by atoms with Gasteiger partial charge in [0.25, 0.3) is 0 Å². The number of nitrogens with one attached hydrogen (secondary N) is 1. The van der Waals surface area contributed by atoms with Crippen molar-refractivity contribution < 1.29 is 4.79 Å². The number of rotatable bonds is 5. The van der Waals surface area contributed by atoms with Gasteiger partial charge >= 0.3 is 6.03 Å². The molecule has 0 atom stereocenters. The summed E-state index contributed by atoms with van der Waals surface area (Å²) in [7, 11) is 0. The van der Waals surface area contributed by atoms with Crippen LogP contribution >= 0.6 is 0 Å². The summed E-state index contributed by atoms with van der Waals surface area (Å²) in [5.41, 5.74) is 4.83. The highest BCUT2D eigenvalue weighted by molar-refractivity contribution is 5.72. The molecule has 0 saturated heterocycles. The van der Waals surface area contributed by atoms with Gasteiger partial charge in [-0.05, 0) is 12.8 Å². The summed E-state index contributed by atoms with van der Waals surface area (Å²) >= 11 is 0. The predicted octanol–water partition coefficient (Wildman–Crippen LogP) is 1.75. The fraction of sp³-hybridized carbons (Fsp3) is 0.625. The molecule has 0 heterocycles. The molecule has 0 saturated carbocycles. The van der Waals surface area contributed by atoms with E-state index < -0.39 is 6.03 Å². The van der Waals surface area contributed by atoms with Gasteiger partial charge in [0.2, 0.25) is 0 Å². The summed E-state index contributed by atoms with van der Waals surface area (Å²) < 4.78 is 0. The van der Waals surface area contributed by atoms with E-state index in [9.17, 15) is 4.79 Å². The van der Waals surface area contributed by atoms with Crippen LogP contribution in [0.15, 0.2) is 12.3 Å². The van der Waals surface area contributed by atoms with Crippen LogP contribution in [0.2, 0.25) is 0 Å². The molecule has 0 unspecified atom stereocenters. The molecular weight excluding hydrogens is 140 g/mol. The summed E-state index contributed by atoms with van der Waals surface area (Å²) in [6.45, 7) is 2.16. The minimum absolute atomic E-state index is 0.503. The highest BCUT2D eigenvalue weighted by Crippen LogP contribution is 1.98. The molecule has 0 aromatic heterocycles. The second-order valence-electron chi connectivity index (χ2n) is 2.41. The van der Waals surface area contributed by atoms with E-state index in [-0.39, 0.29) is 0 Å². The van der Waals surface area contributed by atoms with Crippen LogP contribution in [0.3, 0.4) is 0 Å². The highest BCUT2D eigenvalue weighted by atomic mass is 16.2. The largest absolute Gasteiger partial charge is 0.351 e. The number of primary amides is 1. The third-order valence-corrected chi connectivity index (χ3v) is 1.32. The van der Waals surface area contributed by atoms with E-state index in [1.165, 1.54) is 19.3 Å². The van der Waals surface area contributed by atoms with Gasteiger partial charge in [0.1, 0.15) is 0 Å². The van der Waals surface area contributed by atoms with Gasteiger partial charge in [-0.15, -0.1) is 0 Å². The van der Waals surface area contributed by atoms with E-state index in [1.54, 1.807) is 6.20 Å². The topological polar surface area (TPSA) is 55.1 Å². The van der Waals surface area contributed by atoms with Crippen LogP contribution < -0.4 is 11.1 Å². The van der Waals surface area contributed by atoms with Gasteiger partial charge in [0, 0.05) is 6.20 Å². The van der Waals surface area contributed by atoms with Crippen molar-refractivity contribution in [2.75, 3.05) is 0 Å². The van der Waals surface area contributed by atoms with Gasteiger partial charge in [-0.25, -0.2) is 4.79 Å². The first-order valence-electron chi connectivity index (χ1n) is 3.98. The van der Waals surface area contributed by atoms with Crippen LogP contribution in [-0.4, -0.2) is 6.03 Å². The molecule has 0 spiro atoms. The summed E-state index contributed by atoms with van der Waals surface area (Å²) in [6.07, 6.45) is 8.15. The molecule has 0 fully saturated rings. The van der Waals surface area contributed by atoms with Crippen molar-refractivity contribution in [1.29, 1.82) is 0 Å². The lowest BCUT2D eigenvalue weighted by Crippen LogP contribution is -2.23. The molecule has 3 heteroatoms. The first-order chi connectivity index (χ1) is 5.27. The Hall–Kier alpha value is -0.990. The minimum Gasteiger partial charge on any atom is -0.351 e. The lowest BCUT2D eigenvalue weighted by Gasteiger charge is -1.92. The number of nitrogens with two attached hydrogens (primary N) is 1. The molecule has 0 radical (unpaired) electrons. The van der Waals surface area contributed by atoms with Gasteiger partial charge in [0.05, 0.1) is 0 Å². The number of carbonyl (C=O) groups excluding carboxylic acids is 1. The van der Waals surface area contributed by atoms with Gasteiger partial charge in [0.15, 0.2) is 0 Å². The van der Waals surface area contributed by atoms with Crippen molar-refractivity contribution in [3.63, 3.8) is 0 Å². The zero-order chi connectivity index (χ0) is 8.53. The van der Waals surface area contributed by atoms with Crippen molar-refractivity contribution >= 4 is 6.03 Å². The van der Waals surface area contributed by atoms with Crippen LogP contribution in [-0.2, 0) is 0 Å². The van der Waals surface area contributed by atoms with E-state index in [4.69, 9.17) is 5.73 Å². The van der Waals surface area contributed by atoms with Crippen molar-refractivity contribution in [2.24, 2.45) is 5.73 Å². The van der Waals surface area contributed by atoms with E-state index >= 15 is 0 Å². The van der Waals surface area contributed by atoms with Crippen LogP contribution in [0.5, 0.6) is 0 Å². The van der Waals surface area contributed by atoms with E-state index in [0.717, 1.165) is 6.42 Å². The number of carbonyl (C=O) groups is 1. The summed E-state index contributed by atoms with van der Waals surface area (Å²) in [6, 6.07) is -0.503. The monoisotopic (exact) mass is 156 g/mol. The number of amides is 2. The molecule has 0 aromatic carbocycles. The normalized spacial score (nSPS) is 10.3. The Morgan fingerprint density at radius 3 is 2.82 bits per heavy atom. The van der Waals surface area contributed by atoms with Gasteiger partial charge in [-0.3, -0.25) is 0 Å². The number of urea groups is 1. The molecule has 0 aliphatic rings. The molecule has 2 amide bonds. The Morgan fingerprint density at radius 2 is 2.27 bits per heavy atom. The van der Waals surface area contributed by atoms with Crippen LogP contribution in [0.25, 0.3) is 0 Å². The molecule has 0 rings (SSSR count). The Bertz CT molecular complexity index is 132. The van der Waals surface area contributed by atoms with Gasteiger partial charge in [-0.1, -0.05) is 25.8 Å². The van der Waals surface area contributed by atoms with Crippen molar-refractivity contribution in [1.82, 2.24) is 5.32 Å². The molecule has 3 N–H and O–H groups in total. The Balaban J connectivity index is 3.10. The molecule has 0 aliphatic heterocycles. The SMILES string of the molecule is CCCCC/C=C/NC(N)=O. The first-order valence-corrected chi connectivity index (χ1v) is 3.98. The number of unbranched alkanes of at least 4 members (excludes halogenated alkanes) is 3. The number of hydrogen-bond donors (Lipinski definition) is 2. The van der Waals surface area contributed by atoms with Crippen LogP contribution in [0.4, 0.5) is 4.79 Å². The second-order valence-corrected chi connectivity index (χ2v) is 2.41. The van der Waals surface area contributed by atoms with Crippen LogP contribution in [0, 0.1) is 0 Å². The Labute approximate surface area is 67.7 Å². The standard InChI is InChI=1S/C8H16N2O/c1-2-3-4-5-6-7-10-8(9)11/h6-7H,2-5H2,1H3,(H3,9,10,11)/b7-6+. The summed E-state index contributed by atoms with van der Waals surface area (Å²) in [5, 5.41) is 2.38. The molecule has 64 valence electrons. The quantitative estimate of drug-likeness (QED) is 0.585. The third kappa shape index (κ3) is 9.01. The number of allylic oxidation sites excluding steroid dienone is 1. The highest BCUT2D eigenvalue weighted by Gasteiger charge is 1.83. The van der Waals surface area contributed by atoms with Crippen molar-refractivity contribution in [2.45, 2.75) is 32.6 Å². The molecule has 0 aromatic rings. The predicted molar refractivity (Wildman–Crippen MR) is 46.0 cm³/mol. The Kier molecular flexibility index (Phi) is 6.48. The van der Waals surface area contributed by atoms with Gasteiger partial charge in [-0.2, -0.15) is 0 Å². The van der Waals surface area contributed by atoms with E-state index in [0.29, 0.717) is 0 Å². The van der Waals surface area contributed by atoms with Crippen molar-refractivity contribution in [3.8, 4) is 0 Å². The second kappa shape index (κ2) is 7.12. The maximum absolute atomic E-state index is 10.1. The summed E-state index contributed by atoms with van der Waals surface area (Å²) in [5.74, 6) is 0. The maximum Gasteiger partial charge on any atom is 0.316 e. The Morgan fingerprint density at radius 1 is 1.55 bits per heavy atom. The molecule has 0 bridgehead atoms. The van der Waals surface area contributed by atoms with E-state index in [1.807, 2.05) is 6.08 Å². The maximum atomic E-state index is 10.1. The molecule has 3 nitrogen and oxygen atoms in total. The summed E-state index contributed by atoms with van der Waals surface area (Å²) in [4.78, 5) is 10.1. The molecular formula is C8H16N2O. The molecule has 11 heavy (non-hydrogen) atoms. The molecule has 0 aliphatic carbocycles. The number of hydrogen-bond acceptors (Lipinski definition) is 1. The average molecular weight is 156 g/mol.